The van der Waals surface area contributed by atoms with Gasteiger partial charge in [0, 0.05) is 50.6 Å². The molecule has 5 heteroatoms. The lowest BCUT2D eigenvalue weighted by molar-refractivity contribution is 0.152. The van der Waals surface area contributed by atoms with E-state index in [1.54, 1.807) is 0 Å². The molecule has 6 aromatic carbocycles. The number of aryl methyl sites for hydroxylation is 4. The van der Waals surface area contributed by atoms with Crippen LogP contribution in [0.5, 0.6) is 0 Å². The van der Waals surface area contributed by atoms with Gasteiger partial charge in [-0.1, -0.05) is 121 Å². The number of fused-ring (bicyclic) bond motifs is 9. The average Bonchev–Trinajstić information content (AvgIpc) is 3.99. The van der Waals surface area contributed by atoms with Crippen molar-refractivity contribution in [1.82, 2.24) is 19.0 Å². The first-order valence-corrected chi connectivity index (χ1v) is 26.4. The van der Waals surface area contributed by atoms with Crippen LogP contribution in [0.4, 0.5) is 0 Å². The Hall–Kier alpha value is -6.98. The lowest BCUT2D eigenvalue weighted by Gasteiger charge is -2.47. The van der Waals surface area contributed by atoms with Gasteiger partial charge in [0.15, 0.2) is 0 Å². The van der Waals surface area contributed by atoms with Crippen LogP contribution < -0.4 is 0 Å². The third kappa shape index (κ3) is 6.78. The minimum Gasteiger partial charge on any atom is -0.320 e. The van der Waals surface area contributed by atoms with Crippen LogP contribution in [0, 0.1) is 45.4 Å². The highest BCUT2D eigenvalue weighted by molar-refractivity contribution is 6.13. The van der Waals surface area contributed by atoms with Gasteiger partial charge in [-0.15, -0.1) is 0 Å². The normalized spacial score (nSPS) is 20.1. The molecular weight excluding hydrogens is 875 g/mol. The summed E-state index contributed by atoms with van der Waals surface area (Å²) in [5, 5.41) is 4.85. The van der Waals surface area contributed by atoms with Gasteiger partial charge in [0.25, 0.3) is 0 Å². The molecule has 9 aromatic rings. The van der Waals surface area contributed by atoms with Crippen molar-refractivity contribution in [2.75, 3.05) is 0 Å². The number of amidine groups is 1. The van der Waals surface area contributed by atoms with Crippen LogP contribution in [-0.4, -0.2) is 30.4 Å². The van der Waals surface area contributed by atoms with Gasteiger partial charge in [-0.05, 0) is 188 Å². The Bertz CT molecular complexity index is 3830. The molecule has 1 aliphatic heterocycles. The minimum absolute atomic E-state index is 0.152. The van der Waals surface area contributed by atoms with Gasteiger partial charge in [0.2, 0.25) is 0 Å². The van der Waals surface area contributed by atoms with E-state index in [-0.39, 0.29) is 11.0 Å². The van der Waals surface area contributed by atoms with E-state index in [0.717, 1.165) is 46.6 Å². The molecule has 2 aliphatic carbocycles. The van der Waals surface area contributed by atoms with E-state index in [2.05, 4.69) is 238 Å². The Morgan fingerprint density at radius 1 is 0.639 bits per heavy atom. The maximum absolute atomic E-state index is 6.17. The molecule has 0 saturated carbocycles. The van der Waals surface area contributed by atoms with Crippen molar-refractivity contribution < 1.29 is 0 Å². The van der Waals surface area contributed by atoms with Crippen LogP contribution in [0.25, 0.3) is 66.2 Å². The summed E-state index contributed by atoms with van der Waals surface area (Å²) in [6.07, 6.45) is 8.76. The SMILES string of the molecule is Cc1ccc2c(c1)c1cc(C)c(-n3c4ccc(-c5ccccc5)cc4c4cccnc43)cc1n2-c1cc(C2=N[C@]3(C)c4cc(C)c(C)cc4C[C@]3(C)N2C2=C(C(C)C)C=CC[C@@H]2C(C)C)cc(C(C)(C)C)c1. The quantitative estimate of drug-likeness (QED) is 0.160. The summed E-state index contributed by atoms with van der Waals surface area (Å²) in [5.41, 5.74) is 21.5. The number of hydrogen-bond donors (Lipinski definition) is 0. The topological polar surface area (TPSA) is 38.4 Å². The maximum Gasteiger partial charge on any atom is 0.145 e. The van der Waals surface area contributed by atoms with Crippen molar-refractivity contribution >= 4 is 49.6 Å². The van der Waals surface area contributed by atoms with Crippen LogP contribution in [0.3, 0.4) is 0 Å². The van der Waals surface area contributed by atoms with Crippen LogP contribution in [0.1, 0.15) is 113 Å². The molecule has 0 amide bonds. The number of hydrogen-bond acceptors (Lipinski definition) is 3. The molecule has 0 saturated heterocycles. The summed E-state index contributed by atoms with van der Waals surface area (Å²) in [5.74, 6) is 2.25. The first-order valence-electron chi connectivity index (χ1n) is 26.4. The van der Waals surface area contributed by atoms with E-state index in [0.29, 0.717) is 17.8 Å². The number of benzene rings is 6. The standard InChI is InChI=1S/C67H69N5/c1-39(2)51-21-17-22-52(40(3)4)62(51)72-63(69-67(13)57-32-43(7)42(6)30-48(57)38-66(67,72)12)47-33-49(65(9,10)11)36-50(34-47)70-58-26-24-41(5)29-54(58)55-31-44(8)60(37-61(55)70)71-59-27-25-46(45-19-15-14-16-20-45)35-56(59)53-23-18-28-68-64(53)71/h14-21,23-37,39-40,52H,22,38H2,1-13H3/t52-,66+,67-/m1/s1. The van der Waals surface area contributed by atoms with E-state index >= 15 is 0 Å². The molecule has 362 valence electrons. The second-order valence-corrected chi connectivity index (χ2v) is 23.7. The number of rotatable bonds is 7. The second-order valence-electron chi connectivity index (χ2n) is 23.7. The van der Waals surface area contributed by atoms with E-state index in [1.807, 2.05) is 6.20 Å². The largest absolute Gasteiger partial charge is 0.320 e. The molecule has 4 heterocycles. The Morgan fingerprint density at radius 3 is 2.11 bits per heavy atom. The van der Waals surface area contributed by atoms with Crippen molar-refractivity contribution in [2.24, 2.45) is 22.7 Å². The number of aromatic nitrogens is 3. The van der Waals surface area contributed by atoms with Crippen LogP contribution in [0.2, 0.25) is 0 Å². The summed E-state index contributed by atoms with van der Waals surface area (Å²) >= 11 is 0. The third-order valence-corrected chi connectivity index (χ3v) is 17.3. The van der Waals surface area contributed by atoms with E-state index in [4.69, 9.17) is 9.98 Å². The van der Waals surface area contributed by atoms with Crippen molar-refractivity contribution in [3.05, 3.63) is 195 Å². The van der Waals surface area contributed by atoms with Gasteiger partial charge in [-0.2, -0.15) is 0 Å². The highest BCUT2D eigenvalue weighted by atomic mass is 15.4. The van der Waals surface area contributed by atoms with Gasteiger partial charge in [-0.25, -0.2) is 4.98 Å². The average molecular weight is 944 g/mol. The highest BCUT2D eigenvalue weighted by Crippen LogP contribution is 2.58. The summed E-state index contributed by atoms with van der Waals surface area (Å²) in [7, 11) is 0. The molecular formula is C67H69N5. The van der Waals surface area contributed by atoms with E-state index in [1.165, 1.54) is 94.1 Å². The summed E-state index contributed by atoms with van der Waals surface area (Å²) in [4.78, 5) is 14.1. The van der Waals surface area contributed by atoms with Crippen molar-refractivity contribution in [2.45, 2.75) is 119 Å². The molecule has 3 aromatic heterocycles. The molecule has 0 fully saturated rings. The summed E-state index contributed by atoms with van der Waals surface area (Å²) in [6, 6.07) is 46.1. The Morgan fingerprint density at radius 2 is 1.36 bits per heavy atom. The predicted octanol–water partition coefficient (Wildman–Crippen LogP) is 16.9. The first-order chi connectivity index (χ1) is 34.4. The number of aliphatic imine (C=N–C) groups is 1. The molecule has 3 aliphatic rings. The van der Waals surface area contributed by atoms with Gasteiger partial charge < -0.3 is 9.47 Å². The van der Waals surface area contributed by atoms with Crippen LogP contribution >= 0.6 is 0 Å². The monoisotopic (exact) mass is 944 g/mol. The molecule has 0 N–H and O–H groups in total. The first kappa shape index (κ1) is 46.1. The zero-order valence-corrected chi connectivity index (χ0v) is 44.7. The lowest BCUT2D eigenvalue weighted by Crippen LogP contribution is -2.54. The van der Waals surface area contributed by atoms with Crippen LogP contribution in [-0.2, 0) is 17.4 Å². The number of pyridine rings is 1. The van der Waals surface area contributed by atoms with Gasteiger partial charge in [-0.3, -0.25) is 9.56 Å². The van der Waals surface area contributed by atoms with Gasteiger partial charge >= 0.3 is 0 Å². The van der Waals surface area contributed by atoms with Crippen molar-refractivity contribution in [3.63, 3.8) is 0 Å². The van der Waals surface area contributed by atoms with E-state index < -0.39 is 5.54 Å². The van der Waals surface area contributed by atoms with Crippen molar-refractivity contribution in [3.8, 4) is 22.5 Å². The predicted molar refractivity (Wildman–Crippen MR) is 304 cm³/mol. The molecule has 0 bridgehead atoms. The molecule has 0 spiro atoms. The number of nitrogens with zero attached hydrogens (tertiary/aromatic N) is 5. The van der Waals surface area contributed by atoms with E-state index in [9.17, 15) is 0 Å². The molecule has 0 unspecified atom stereocenters. The number of allylic oxidation sites excluding steroid dienone is 4. The third-order valence-electron chi connectivity index (χ3n) is 17.3. The fourth-order valence-electron chi connectivity index (χ4n) is 13.0. The lowest BCUT2D eigenvalue weighted by atomic mass is 9.75. The van der Waals surface area contributed by atoms with Crippen LogP contribution in [0.15, 0.2) is 156 Å². The second kappa shape index (κ2) is 16.3. The fraction of sp³-hybridized carbons (Fsp3) is 0.313. The minimum atomic E-state index is -0.471. The molecule has 12 rings (SSSR count). The molecule has 72 heavy (non-hydrogen) atoms. The van der Waals surface area contributed by atoms with Crippen molar-refractivity contribution in [1.29, 1.82) is 0 Å². The maximum atomic E-state index is 6.17. The molecule has 0 radical (unpaired) electrons. The fourth-order valence-corrected chi connectivity index (χ4v) is 13.0. The Balaban J connectivity index is 1.14. The van der Waals surface area contributed by atoms with Gasteiger partial charge in [0.05, 0.1) is 27.8 Å². The zero-order valence-electron chi connectivity index (χ0n) is 44.7. The highest BCUT2D eigenvalue weighted by Gasteiger charge is 2.62. The Kier molecular flexibility index (Phi) is 10.4. The zero-order chi connectivity index (χ0) is 50.3. The smallest absolute Gasteiger partial charge is 0.145 e. The van der Waals surface area contributed by atoms with Gasteiger partial charge in [0.1, 0.15) is 17.0 Å². The molecule has 3 atom stereocenters. The Labute approximate surface area is 426 Å². The summed E-state index contributed by atoms with van der Waals surface area (Å²) < 4.78 is 4.94. The molecule has 5 nitrogen and oxygen atoms in total. The summed E-state index contributed by atoms with van der Waals surface area (Å²) in [6.45, 7) is 30.6.